The SMILES string of the molecule is CCOc1c(Br)cc(C(=O)OCC(=O)Nc2ccccc2)cc1OC. The fourth-order valence-corrected chi connectivity index (χ4v) is 2.61. The molecule has 2 aromatic rings. The van der Waals surface area contributed by atoms with E-state index >= 15 is 0 Å². The first-order valence-corrected chi connectivity index (χ1v) is 8.36. The van der Waals surface area contributed by atoms with E-state index in [2.05, 4.69) is 21.2 Å². The molecule has 0 saturated heterocycles. The summed E-state index contributed by atoms with van der Waals surface area (Å²) in [6.07, 6.45) is 0. The molecule has 0 saturated carbocycles. The first-order chi connectivity index (χ1) is 12.0. The summed E-state index contributed by atoms with van der Waals surface area (Å²) in [4.78, 5) is 24.0. The minimum atomic E-state index is -0.634. The molecule has 0 spiro atoms. The van der Waals surface area contributed by atoms with E-state index in [-0.39, 0.29) is 12.2 Å². The van der Waals surface area contributed by atoms with Gasteiger partial charge < -0.3 is 19.5 Å². The third kappa shape index (κ3) is 5.22. The highest BCUT2D eigenvalue weighted by Gasteiger charge is 2.17. The Hall–Kier alpha value is -2.54. The molecule has 0 aromatic heterocycles. The number of carbonyl (C=O) groups excluding carboxylic acids is 2. The van der Waals surface area contributed by atoms with Gasteiger partial charge >= 0.3 is 5.97 Å². The molecule has 1 amide bonds. The molecule has 2 aromatic carbocycles. The number of nitrogens with one attached hydrogen (secondary N) is 1. The third-order valence-corrected chi connectivity index (χ3v) is 3.73. The number of benzene rings is 2. The molecule has 0 atom stereocenters. The Morgan fingerprint density at radius 3 is 2.52 bits per heavy atom. The molecule has 0 aliphatic rings. The summed E-state index contributed by atoms with van der Waals surface area (Å²) >= 11 is 3.34. The highest BCUT2D eigenvalue weighted by molar-refractivity contribution is 9.10. The van der Waals surface area contributed by atoms with Gasteiger partial charge in [0.15, 0.2) is 18.1 Å². The molecule has 1 N–H and O–H groups in total. The molecule has 0 aliphatic carbocycles. The topological polar surface area (TPSA) is 73.9 Å². The summed E-state index contributed by atoms with van der Waals surface area (Å²) in [5, 5.41) is 2.64. The largest absolute Gasteiger partial charge is 0.493 e. The van der Waals surface area contributed by atoms with E-state index in [0.717, 1.165) is 0 Å². The second-order valence-electron chi connectivity index (χ2n) is 4.91. The van der Waals surface area contributed by atoms with Crippen LogP contribution in [-0.2, 0) is 9.53 Å². The van der Waals surface area contributed by atoms with E-state index in [1.807, 2.05) is 13.0 Å². The molecule has 25 heavy (non-hydrogen) atoms. The van der Waals surface area contributed by atoms with Crippen molar-refractivity contribution >= 4 is 33.5 Å². The number of halogens is 1. The van der Waals surface area contributed by atoms with Crippen LogP contribution in [-0.4, -0.2) is 32.2 Å². The van der Waals surface area contributed by atoms with Crippen molar-refractivity contribution in [3.8, 4) is 11.5 Å². The van der Waals surface area contributed by atoms with E-state index in [4.69, 9.17) is 14.2 Å². The van der Waals surface area contributed by atoms with Crippen LogP contribution < -0.4 is 14.8 Å². The van der Waals surface area contributed by atoms with Gasteiger partial charge in [0, 0.05) is 5.69 Å². The molecule has 7 heteroatoms. The second-order valence-corrected chi connectivity index (χ2v) is 5.77. The minimum Gasteiger partial charge on any atom is -0.493 e. The minimum absolute atomic E-state index is 0.250. The Balaban J connectivity index is 2.00. The zero-order valence-corrected chi connectivity index (χ0v) is 15.5. The maximum atomic E-state index is 12.2. The van der Waals surface area contributed by atoms with Gasteiger partial charge in [-0.25, -0.2) is 4.79 Å². The van der Waals surface area contributed by atoms with E-state index in [0.29, 0.717) is 28.3 Å². The predicted molar refractivity (Wildman–Crippen MR) is 97.2 cm³/mol. The molecule has 0 fully saturated rings. The molecular formula is C18H18BrNO5. The van der Waals surface area contributed by atoms with Gasteiger partial charge in [0.2, 0.25) is 0 Å². The van der Waals surface area contributed by atoms with Crippen molar-refractivity contribution in [1.29, 1.82) is 0 Å². The van der Waals surface area contributed by atoms with Gasteiger partial charge in [-0.1, -0.05) is 18.2 Å². The maximum absolute atomic E-state index is 12.2. The lowest BCUT2D eigenvalue weighted by molar-refractivity contribution is -0.119. The molecule has 0 aliphatic heterocycles. The average Bonchev–Trinajstić information content (AvgIpc) is 2.62. The van der Waals surface area contributed by atoms with Gasteiger partial charge in [-0.15, -0.1) is 0 Å². The molecule has 6 nitrogen and oxygen atoms in total. The van der Waals surface area contributed by atoms with Crippen molar-refractivity contribution in [2.24, 2.45) is 0 Å². The van der Waals surface area contributed by atoms with Crippen LogP contribution in [0.3, 0.4) is 0 Å². The van der Waals surface area contributed by atoms with Crippen LogP contribution in [0.5, 0.6) is 11.5 Å². The Labute approximate surface area is 154 Å². The van der Waals surface area contributed by atoms with Crippen molar-refractivity contribution in [2.75, 3.05) is 25.6 Å². The van der Waals surface area contributed by atoms with Crippen molar-refractivity contribution in [3.63, 3.8) is 0 Å². The Kier molecular flexibility index (Phi) is 6.82. The van der Waals surface area contributed by atoms with Crippen molar-refractivity contribution in [2.45, 2.75) is 6.92 Å². The Morgan fingerprint density at radius 2 is 1.88 bits per heavy atom. The van der Waals surface area contributed by atoms with Crippen LogP contribution in [0.25, 0.3) is 0 Å². The average molecular weight is 408 g/mol. The van der Waals surface area contributed by atoms with E-state index in [9.17, 15) is 9.59 Å². The molecular weight excluding hydrogens is 390 g/mol. The Bertz CT molecular complexity index is 749. The number of amides is 1. The Morgan fingerprint density at radius 1 is 1.16 bits per heavy atom. The number of hydrogen-bond acceptors (Lipinski definition) is 5. The summed E-state index contributed by atoms with van der Waals surface area (Å²) < 4.78 is 16.3. The van der Waals surface area contributed by atoms with Crippen LogP contribution >= 0.6 is 15.9 Å². The smallest absolute Gasteiger partial charge is 0.338 e. The summed E-state index contributed by atoms with van der Waals surface area (Å²) in [7, 11) is 1.48. The first-order valence-electron chi connectivity index (χ1n) is 7.57. The lowest BCUT2D eigenvalue weighted by Crippen LogP contribution is -2.21. The van der Waals surface area contributed by atoms with Gasteiger partial charge in [0.05, 0.1) is 23.8 Å². The normalized spacial score (nSPS) is 10.0. The van der Waals surface area contributed by atoms with Gasteiger partial charge in [0.1, 0.15) is 0 Å². The molecule has 2 rings (SSSR count). The summed E-state index contributed by atoms with van der Waals surface area (Å²) in [5.41, 5.74) is 0.883. The zero-order valence-electron chi connectivity index (χ0n) is 13.9. The number of para-hydroxylation sites is 1. The monoisotopic (exact) mass is 407 g/mol. The highest BCUT2D eigenvalue weighted by atomic mass is 79.9. The molecule has 0 bridgehead atoms. The van der Waals surface area contributed by atoms with Gasteiger partial charge in [-0.05, 0) is 47.1 Å². The quantitative estimate of drug-likeness (QED) is 0.708. The van der Waals surface area contributed by atoms with Gasteiger partial charge in [0.25, 0.3) is 5.91 Å². The van der Waals surface area contributed by atoms with Crippen LogP contribution in [0.4, 0.5) is 5.69 Å². The van der Waals surface area contributed by atoms with Crippen molar-refractivity contribution in [3.05, 3.63) is 52.5 Å². The fourth-order valence-electron chi connectivity index (χ4n) is 2.06. The lowest BCUT2D eigenvalue weighted by atomic mass is 10.2. The van der Waals surface area contributed by atoms with Gasteiger partial charge in [-0.3, -0.25) is 4.79 Å². The van der Waals surface area contributed by atoms with E-state index in [1.54, 1.807) is 30.3 Å². The molecule has 0 radical (unpaired) electrons. The maximum Gasteiger partial charge on any atom is 0.338 e. The molecule has 0 heterocycles. The zero-order chi connectivity index (χ0) is 18.2. The lowest BCUT2D eigenvalue weighted by Gasteiger charge is -2.13. The predicted octanol–water partition coefficient (Wildman–Crippen LogP) is 3.65. The number of anilines is 1. The summed E-state index contributed by atoms with van der Waals surface area (Å²) in [5.74, 6) is -0.151. The van der Waals surface area contributed by atoms with Crippen LogP contribution in [0.2, 0.25) is 0 Å². The number of esters is 1. The summed E-state index contributed by atoms with van der Waals surface area (Å²) in [6.45, 7) is 1.92. The number of rotatable bonds is 7. The van der Waals surface area contributed by atoms with Crippen LogP contribution in [0, 0.1) is 0 Å². The summed E-state index contributed by atoms with van der Waals surface area (Å²) in [6, 6.07) is 12.0. The first kappa shape index (κ1) is 18.8. The number of ether oxygens (including phenoxy) is 3. The number of methoxy groups -OCH3 is 1. The van der Waals surface area contributed by atoms with Crippen molar-refractivity contribution < 1.29 is 23.8 Å². The molecule has 0 unspecified atom stereocenters. The number of carbonyl (C=O) groups is 2. The van der Waals surface area contributed by atoms with Crippen LogP contribution in [0.1, 0.15) is 17.3 Å². The third-order valence-electron chi connectivity index (χ3n) is 3.15. The van der Waals surface area contributed by atoms with E-state index < -0.39 is 11.9 Å². The van der Waals surface area contributed by atoms with Crippen molar-refractivity contribution in [1.82, 2.24) is 0 Å². The standard InChI is InChI=1S/C18H18BrNO5/c1-3-24-17-14(19)9-12(10-15(17)23-2)18(22)25-11-16(21)20-13-7-5-4-6-8-13/h4-10H,3,11H2,1-2H3,(H,20,21). The van der Waals surface area contributed by atoms with Crippen LogP contribution in [0.15, 0.2) is 46.9 Å². The number of hydrogen-bond donors (Lipinski definition) is 1. The highest BCUT2D eigenvalue weighted by Crippen LogP contribution is 2.36. The molecule has 132 valence electrons. The fraction of sp³-hybridized carbons (Fsp3) is 0.222. The van der Waals surface area contributed by atoms with E-state index in [1.165, 1.54) is 13.2 Å². The second kappa shape index (κ2) is 9.08. The van der Waals surface area contributed by atoms with Gasteiger partial charge in [-0.2, -0.15) is 0 Å².